The van der Waals surface area contributed by atoms with Crippen LogP contribution >= 0.6 is 34.5 Å². The van der Waals surface area contributed by atoms with E-state index in [2.05, 4.69) is 20.9 Å². The Morgan fingerprint density at radius 2 is 1.71 bits per heavy atom. The van der Waals surface area contributed by atoms with Gasteiger partial charge in [-0.3, -0.25) is 10.1 Å². The average molecular weight is 523 g/mol. The Labute approximate surface area is 211 Å². The Balaban J connectivity index is 1.52. The summed E-state index contributed by atoms with van der Waals surface area (Å²) in [4.78, 5) is 29.2. The SMILES string of the molecule is COCc1ccc(C(=O)NCc2csc(NC(=O)NCc3ccc(Cl)c(Cl)c3)n2)c(COC)c1. The van der Waals surface area contributed by atoms with Crippen LogP contribution in [0.3, 0.4) is 0 Å². The molecular weight excluding hydrogens is 499 g/mol. The number of nitrogens with one attached hydrogen (secondary N) is 3. The molecule has 3 rings (SSSR count). The lowest BCUT2D eigenvalue weighted by molar-refractivity contribution is 0.0945. The molecule has 0 radical (unpaired) electrons. The molecule has 0 bridgehead atoms. The monoisotopic (exact) mass is 522 g/mol. The molecule has 11 heteroatoms. The van der Waals surface area contributed by atoms with Crippen LogP contribution in [0.2, 0.25) is 10.0 Å². The molecule has 2 aromatic carbocycles. The van der Waals surface area contributed by atoms with E-state index in [-0.39, 0.29) is 19.0 Å². The van der Waals surface area contributed by atoms with Gasteiger partial charge in [0.25, 0.3) is 5.91 Å². The number of carbonyl (C=O) groups is 2. The van der Waals surface area contributed by atoms with Crippen LogP contribution in [0.15, 0.2) is 41.8 Å². The fraction of sp³-hybridized carbons (Fsp3) is 0.261. The van der Waals surface area contributed by atoms with E-state index >= 15 is 0 Å². The van der Waals surface area contributed by atoms with Crippen molar-refractivity contribution in [3.05, 3.63) is 79.8 Å². The molecule has 3 aromatic rings. The van der Waals surface area contributed by atoms with Crippen LogP contribution < -0.4 is 16.0 Å². The highest BCUT2D eigenvalue weighted by Crippen LogP contribution is 2.22. The number of hydrogen-bond donors (Lipinski definition) is 3. The topological polar surface area (TPSA) is 102 Å². The van der Waals surface area contributed by atoms with Crippen molar-refractivity contribution in [2.24, 2.45) is 0 Å². The lowest BCUT2D eigenvalue weighted by atomic mass is 10.0. The van der Waals surface area contributed by atoms with Gasteiger partial charge in [-0.1, -0.05) is 41.4 Å². The first-order valence-corrected chi connectivity index (χ1v) is 11.8. The minimum absolute atomic E-state index is 0.216. The van der Waals surface area contributed by atoms with E-state index in [9.17, 15) is 9.59 Å². The molecule has 0 atom stereocenters. The van der Waals surface area contributed by atoms with Crippen molar-refractivity contribution < 1.29 is 19.1 Å². The van der Waals surface area contributed by atoms with Gasteiger partial charge in [0, 0.05) is 31.7 Å². The van der Waals surface area contributed by atoms with E-state index in [1.807, 2.05) is 12.1 Å². The number of aromatic nitrogens is 1. The fourth-order valence-electron chi connectivity index (χ4n) is 3.08. The van der Waals surface area contributed by atoms with Gasteiger partial charge in [0.2, 0.25) is 0 Å². The van der Waals surface area contributed by atoms with Crippen LogP contribution in [-0.2, 0) is 35.8 Å². The fourth-order valence-corrected chi connectivity index (χ4v) is 4.11. The molecule has 180 valence electrons. The van der Waals surface area contributed by atoms with Crippen LogP contribution in [0, 0.1) is 0 Å². The number of urea groups is 1. The Hall–Kier alpha value is -2.69. The zero-order valence-corrected chi connectivity index (χ0v) is 20.9. The zero-order chi connectivity index (χ0) is 24.5. The Bertz CT molecular complexity index is 1160. The highest BCUT2D eigenvalue weighted by atomic mass is 35.5. The maximum absolute atomic E-state index is 12.7. The largest absolute Gasteiger partial charge is 0.380 e. The number of thiazole rings is 1. The molecule has 0 aliphatic rings. The van der Waals surface area contributed by atoms with Gasteiger partial charge < -0.3 is 20.1 Å². The summed E-state index contributed by atoms with van der Waals surface area (Å²) in [6, 6.07) is 10.2. The zero-order valence-electron chi connectivity index (χ0n) is 18.6. The van der Waals surface area contributed by atoms with Gasteiger partial charge in [-0.2, -0.15) is 0 Å². The number of amides is 3. The molecule has 0 spiro atoms. The number of anilines is 1. The van der Waals surface area contributed by atoms with E-state index in [0.29, 0.717) is 39.6 Å². The van der Waals surface area contributed by atoms with Crippen LogP contribution in [-0.4, -0.2) is 31.1 Å². The highest BCUT2D eigenvalue weighted by Gasteiger charge is 2.13. The van der Waals surface area contributed by atoms with Gasteiger partial charge in [0.15, 0.2) is 5.13 Å². The molecular formula is C23H24Cl2N4O4S. The van der Waals surface area contributed by atoms with E-state index in [0.717, 1.165) is 16.7 Å². The maximum Gasteiger partial charge on any atom is 0.321 e. The first-order chi connectivity index (χ1) is 16.4. The van der Waals surface area contributed by atoms with E-state index in [1.54, 1.807) is 43.9 Å². The third kappa shape index (κ3) is 7.41. The molecule has 3 N–H and O–H groups in total. The number of methoxy groups -OCH3 is 2. The van der Waals surface area contributed by atoms with E-state index in [1.165, 1.54) is 11.3 Å². The number of hydrogen-bond acceptors (Lipinski definition) is 6. The minimum atomic E-state index is -0.406. The second-order valence-corrected chi connectivity index (χ2v) is 8.91. The Morgan fingerprint density at radius 3 is 2.44 bits per heavy atom. The van der Waals surface area contributed by atoms with Crippen molar-refractivity contribution in [2.75, 3.05) is 19.5 Å². The first kappa shape index (κ1) is 25.9. The molecule has 0 aliphatic carbocycles. The molecule has 8 nitrogen and oxygen atoms in total. The van der Waals surface area contributed by atoms with Crippen LogP contribution in [0.1, 0.15) is 32.7 Å². The van der Waals surface area contributed by atoms with Crippen molar-refractivity contribution in [1.29, 1.82) is 0 Å². The summed E-state index contributed by atoms with van der Waals surface area (Å²) in [5.74, 6) is -0.238. The maximum atomic E-state index is 12.7. The summed E-state index contributed by atoms with van der Waals surface area (Å²) >= 11 is 13.1. The average Bonchev–Trinajstić information content (AvgIpc) is 3.26. The molecule has 0 fully saturated rings. The van der Waals surface area contributed by atoms with Crippen molar-refractivity contribution in [2.45, 2.75) is 26.3 Å². The third-order valence-electron chi connectivity index (χ3n) is 4.66. The Morgan fingerprint density at radius 1 is 0.941 bits per heavy atom. The number of ether oxygens (including phenoxy) is 2. The van der Waals surface area contributed by atoms with Crippen molar-refractivity contribution >= 4 is 51.6 Å². The van der Waals surface area contributed by atoms with Crippen molar-refractivity contribution in [3.63, 3.8) is 0 Å². The molecule has 34 heavy (non-hydrogen) atoms. The van der Waals surface area contributed by atoms with Gasteiger partial charge >= 0.3 is 6.03 Å². The molecule has 0 saturated carbocycles. The first-order valence-electron chi connectivity index (χ1n) is 10.2. The summed E-state index contributed by atoms with van der Waals surface area (Å²) in [6.45, 7) is 1.26. The quantitative estimate of drug-likeness (QED) is 0.348. The normalized spacial score (nSPS) is 10.7. The molecule has 0 unspecified atom stereocenters. The number of nitrogens with zero attached hydrogens (tertiary/aromatic N) is 1. The number of benzene rings is 2. The van der Waals surface area contributed by atoms with Gasteiger partial charge in [-0.25, -0.2) is 9.78 Å². The summed E-state index contributed by atoms with van der Waals surface area (Å²) in [7, 11) is 3.20. The van der Waals surface area contributed by atoms with Gasteiger partial charge in [-0.15, -0.1) is 11.3 Å². The lowest BCUT2D eigenvalue weighted by Crippen LogP contribution is -2.28. The van der Waals surface area contributed by atoms with Crippen LogP contribution in [0.25, 0.3) is 0 Å². The van der Waals surface area contributed by atoms with Crippen LogP contribution in [0.5, 0.6) is 0 Å². The summed E-state index contributed by atoms with van der Waals surface area (Å²) in [5, 5.41) is 11.3. The standard InChI is InChI=1S/C23H24Cl2N4O4S/c1-32-11-15-3-5-18(16(7-15)12-33-2)21(30)26-10-17-13-34-23(28-17)29-22(31)27-9-14-4-6-19(24)20(25)8-14/h3-8,13H,9-12H2,1-2H3,(H,26,30)(H2,27,28,29,31). The molecule has 0 saturated heterocycles. The number of halogens is 2. The highest BCUT2D eigenvalue weighted by molar-refractivity contribution is 7.13. The predicted octanol–water partition coefficient (Wildman–Crippen LogP) is 4.99. The Kier molecular flexibility index (Phi) is 9.67. The van der Waals surface area contributed by atoms with E-state index in [4.69, 9.17) is 32.7 Å². The minimum Gasteiger partial charge on any atom is -0.380 e. The predicted molar refractivity (Wildman–Crippen MR) is 133 cm³/mol. The van der Waals surface area contributed by atoms with Crippen LogP contribution in [0.4, 0.5) is 9.93 Å². The number of carbonyl (C=O) groups excluding carboxylic acids is 2. The number of rotatable bonds is 10. The molecule has 0 aliphatic heterocycles. The van der Waals surface area contributed by atoms with E-state index < -0.39 is 6.03 Å². The van der Waals surface area contributed by atoms with Crippen molar-refractivity contribution in [3.8, 4) is 0 Å². The van der Waals surface area contributed by atoms with Gasteiger partial charge in [-0.05, 0) is 34.9 Å². The summed E-state index contributed by atoms with van der Waals surface area (Å²) < 4.78 is 10.4. The lowest BCUT2D eigenvalue weighted by Gasteiger charge is -2.11. The van der Waals surface area contributed by atoms with Gasteiger partial charge in [0.1, 0.15) is 0 Å². The molecule has 3 amide bonds. The second-order valence-electron chi connectivity index (χ2n) is 7.24. The third-order valence-corrected chi connectivity index (χ3v) is 6.21. The van der Waals surface area contributed by atoms with Crippen molar-refractivity contribution in [1.82, 2.24) is 15.6 Å². The summed E-state index contributed by atoms with van der Waals surface area (Å²) in [5.41, 5.74) is 3.70. The molecule has 1 aromatic heterocycles. The van der Waals surface area contributed by atoms with Gasteiger partial charge in [0.05, 0.1) is 35.5 Å². The second kappa shape index (κ2) is 12.7. The molecule has 1 heterocycles. The summed E-state index contributed by atoms with van der Waals surface area (Å²) in [6.07, 6.45) is 0. The smallest absolute Gasteiger partial charge is 0.321 e.